The van der Waals surface area contributed by atoms with Gasteiger partial charge in [-0.1, -0.05) is 30.3 Å². The molecule has 140 valence electrons. The van der Waals surface area contributed by atoms with Crippen LogP contribution in [0.4, 0.5) is 0 Å². The highest BCUT2D eigenvalue weighted by atomic mass is 16.5. The first-order valence-electron chi connectivity index (χ1n) is 9.39. The Labute approximate surface area is 152 Å². The Morgan fingerprint density at radius 2 is 2.04 bits per heavy atom. The van der Waals surface area contributed by atoms with E-state index in [0.717, 1.165) is 57.4 Å². The van der Waals surface area contributed by atoms with Gasteiger partial charge >= 0.3 is 0 Å². The third-order valence-corrected chi connectivity index (χ3v) is 4.59. The summed E-state index contributed by atoms with van der Waals surface area (Å²) >= 11 is 0. The predicted molar refractivity (Wildman–Crippen MR) is 103 cm³/mol. The Morgan fingerprint density at radius 3 is 2.80 bits per heavy atom. The van der Waals surface area contributed by atoms with Crippen molar-refractivity contribution in [1.29, 1.82) is 0 Å². The number of guanidine groups is 1. The maximum Gasteiger partial charge on any atom is 0.193 e. The molecule has 1 aliphatic rings. The van der Waals surface area contributed by atoms with Gasteiger partial charge in [-0.3, -0.25) is 4.99 Å². The molecule has 1 aliphatic heterocycles. The smallest absolute Gasteiger partial charge is 0.193 e. The van der Waals surface area contributed by atoms with E-state index in [1.54, 1.807) is 7.11 Å². The number of methoxy groups -OCH3 is 1. The standard InChI is InChI=1S/C20H33N3O2/c1-21-20(22-11-6-7-13-25-15-14-24-2)23-12-10-19(17-23)16-18-8-4-3-5-9-18/h3-5,8-9,19H,6-7,10-17H2,1-2H3,(H,21,22). The summed E-state index contributed by atoms with van der Waals surface area (Å²) in [5.74, 6) is 1.76. The number of nitrogens with zero attached hydrogens (tertiary/aromatic N) is 2. The Kier molecular flexibility index (Phi) is 9.37. The highest BCUT2D eigenvalue weighted by Crippen LogP contribution is 2.20. The quantitative estimate of drug-likeness (QED) is 0.401. The van der Waals surface area contributed by atoms with Gasteiger partial charge in [0.15, 0.2) is 5.96 Å². The van der Waals surface area contributed by atoms with Crippen molar-refractivity contribution in [1.82, 2.24) is 10.2 Å². The van der Waals surface area contributed by atoms with Gasteiger partial charge in [0, 0.05) is 40.4 Å². The van der Waals surface area contributed by atoms with Crippen LogP contribution in [0, 0.1) is 5.92 Å². The molecule has 1 atom stereocenters. The number of benzene rings is 1. The third kappa shape index (κ3) is 7.45. The zero-order valence-corrected chi connectivity index (χ0v) is 15.7. The molecule has 1 unspecified atom stereocenters. The molecule has 1 fully saturated rings. The van der Waals surface area contributed by atoms with E-state index < -0.39 is 0 Å². The van der Waals surface area contributed by atoms with Crippen LogP contribution >= 0.6 is 0 Å². The minimum atomic E-state index is 0.671. The Balaban J connectivity index is 1.61. The van der Waals surface area contributed by atoms with Crippen LogP contribution < -0.4 is 5.32 Å². The van der Waals surface area contributed by atoms with Crippen molar-refractivity contribution >= 4 is 5.96 Å². The van der Waals surface area contributed by atoms with Gasteiger partial charge in [0.2, 0.25) is 0 Å². The van der Waals surface area contributed by atoms with Crippen LogP contribution in [-0.2, 0) is 15.9 Å². The molecule has 1 N–H and O–H groups in total. The summed E-state index contributed by atoms with van der Waals surface area (Å²) in [5, 5.41) is 3.49. The van der Waals surface area contributed by atoms with E-state index in [9.17, 15) is 0 Å². The summed E-state index contributed by atoms with van der Waals surface area (Å²) in [4.78, 5) is 6.85. The summed E-state index contributed by atoms with van der Waals surface area (Å²) in [7, 11) is 3.57. The van der Waals surface area contributed by atoms with Crippen LogP contribution in [0.15, 0.2) is 35.3 Å². The van der Waals surface area contributed by atoms with E-state index in [1.165, 1.54) is 12.0 Å². The van der Waals surface area contributed by atoms with E-state index >= 15 is 0 Å². The van der Waals surface area contributed by atoms with Gasteiger partial charge in [0.05, 0.1) is 13.2 Å². The van der Waals surface area contributed by atoms with Crippen molar-refractivity contribution < 1.29 is 9.47 Å². The lowest BCUT2D eigenvalue weighted by molar-refractivity contribution is 0.0689. The molecule has 0 saturated carbocycles. The maximum atomic E-state index is 5.48. The van der Waals surface area contributed by atoms with E-state index in [0.29, 0.717) is 13.2 Å². The Bertz CT molecular complexity index is 493. The molecule has 1 saturated heterocycles. The zero-order chi connectivity index (χ0) is 17.7. The fourth-order valence-electron chi connectivity index (χ4n) is 3.24. The second kappa shape index (κ2) is 11.9. The van der Waals surface area contributed by atoms with Crippen LogP contribution in [0.5, 0.6) is 0 Å². The van der Waals surface area contributed by atoms with Crippen LogP contribution in [0.25, 0.3) is 0 Å². The second-order valence-electron chi connectivity index (χ2n) is 6.58. The molecule has 25 heavy (non-hydrogen) atoms. The molecule has 0 aromatic heterocycles. The normalized spacial score (nSPS) is 17.9. The first-order chi connectivity index (χ1) is 12.3. The first-order valence-corrected chi connectivity index (χ1v) is 9.39. The third-order valence-electron chi connectivity index (χ3n) is 4.59. The molecule has 5 nitrogen and oxygen atoms in total. The number of aliphatic imine (C=N–C) groups is 1. The Hall–Kier alpha value is -1.59. The largest absolute Gasteiger partial charge is 0.382 e. The van der Waals surface area contributed by atoms with Crippen LogP contribution in [0.2, 0.25) is 0 Å². The molecule has 1 aromatic rings. The summed E-state index contributed by atoms with van der Waals surface area (Å²) in [6, 6.07) is 10.8. The topological polar surface area (TPSA) is 46.1 Å². The predicted octanol–water partition coefficient (Wildman–Crippen LogP) is 2.57. The van der Waals surface area contributed by atoms with E-state index in [1.807, 2.05) is 7.05 Å². The van der Waals surface area contributed by atoms with E-state index in [-0.39, 0.29) is 0 Å². The van der Waals surface area contributed by atoms with E-state index in [2.05, 4.69) is 45.5 Å². The minimum absolute atomic E-state index is 0.671. The van der Waals surface area contributed by atoms with Crippen molar-refractivity contribution in [3.63, 3.8) is 0 Å². The molecule has 1 heterocycles. The number of hydrogen-bond acceptors (Lipinski definition) is 3. The number of unbranched alkanes of at least 4 members (excludes halogenated alkanes) is 1. The lowest BCUT2D eigenvalue weighted by atomic mass is 9.99. The number of ether oxygens (including phenoxy) is 2. The average molecular weight is 348 g/mol. The van der Waals surface area contributed by atoms with Crippen molar-refractivity contribution in [2.24, 2.45) is 10.9 Å². The molecular formula is C20H33N3O2. The molecule has 1 aromatic carbocycles. The van der Waals surface area contributed by atoms with Gasteiger partial charge in [0.1, 0.15) is 0 Å². The highest BCUT2D eigenvalue weighted by Gasteiger charge is 2.24. The zero-order valence-electron chi connectivity index (χ0n) is 15.7. The van der Waals surface area contributed by atoms with Crippen molar-refractivity contribution in [2.75, 3.05) is 53.6 Å². The highest BCUT2D eigenvalue weighted by molar-refractivity contribution is 5.80. The van der Waals surface area contributed by atoms with Crippen LogP contribution in [0.3, 0.4) is 0 Å². The van der Waals surface area contributed by atoms with Crippen molar-refractivity contribution in [3.05, 3.63) is 35.9 Å². The number of rotatable bonds is 10. The van der Waals surface area contributed by atoms with Gasteiger partial charge in [-0.2, -0.15) is 0 Å². The van der Waals surface area contributed by atoms with Crippen molar-refractivity contribution in [2.45, 2.75) is 25.7 Å². The van der Waals surface area contributed by atoms with Gasteiger partial charge < -0.3 is 19.7 Å². The fourth-order valence-corrected chi connectivity index (χ4v) is 3.24. The molecule has 0 spiro atoms. The maximum absolute atomic E-state index is 5.48. The number of likely N-dealkylation sites (tertiary alicyclic amines) is 1. The SMILES string of the molecule is CN=C(NCCCCOCCOC)N1CCC(Cc2ccccc2)C1. The monoisotopic (exact) mass is 347 g/mol. The average Bonchev–Trinajstić information content (AvgIpc) is 3.09. The molecule has 0 bridgehead atoms. The molecule has 0 aliphatic carbocycles. The summed E-state index contributed by atoms with van der Waals surface area (Å²) in [6.07, 6.45) is 4.55. The molecular weight excluding hydrogens is 314 g/mol. The number of nitrogens with one attached hydrogen (secondary N) is 1. The second-order valence-corrected chi connectivity index (χ2v) is 6.58. The first kappa shape index (κ1) is 19.7. The van der Waals surface area contributed by atoms with Crippen molar-refractivity contribution in [3.8, 4) is 0 Å². The van der Waals surface area contributed by atoms with Gasteiger partial charge in [-0.15, -0.1) is 0 Å². The van der Waals surface area contributed by atoms with E-state index in [4.69, 9.17) is 9.47 Å². The van der Waals surface area contributed by atoms with Gasteiger partial charge in [0.25, 0.3) is 0 Å². The lowest BCUT2D eigenvalue weighted by Gasteiger charge is -2.21. The molecule has 0 radical (unpaired) electrons. The molecule has 2 rings (SSSR count). The summed E-state index contributed by atoms with van der Waals surface area (Å²) in [6.45, 7) is 5.28. The molecule has 0 amide bonds. The summed E-state index contributed by atoms with van der Waals surface area (Å²) in [5.41, 5.74) is 1.44. The fraction of sp³-hybridized carbons (Fsp3) is 0.650. The van der Waals surface area contributed by atoms with Gasteiger partial charge in [-0.05, 0) is 37.2 Å². The summed E-state index contributed by atoms with van der Waals surface area (Å²) < 4.78 is 10.4. The lowest BCUT2D eigenvalue weighted by Crippen LogP contribution is -2.40. The molecule has 5 heteroatoms. The number of hydrogen-bond donors (Lipinski definition) is 1. The van der Waals surface area contributed by atoms with Crippen LogP contribution in [-0.4, -0.2) is 64.5 Å². The van der Waals surface area contributed by atoms with Crippen LogP contribution in [0.1, 0.15) is 24.8 Å². The minimum Gasteiger partial charge on any atom is -0.382 e. The van der Waals surface area contributed by atoms with Gasteiger partial charge in [-0.25, -0.2) is 0 Å². The Morgan fingerprint density at radius 1 is 1.20 bits per heavy atom.